The number of thioether (sulfide) groups is 1. The molecule has 1 saturated heterocycles. The van der Waals surface area contributed by atoms with Gasteiger partial charge in [-0.2, -0.15) is 11.8 Å². The van der Waals surface area contributed by atoms with Crippen LogP contribution in [0.4, 0.5) is 0 Å². The van der Waals surface area contributed by atoms with Gasteiger partial charge in [0, 0.05) is 11.8 Å². The molecular weight excluding hydrogens is 180 g/mol. The van der Waals surface area contributed by atoms with Gasteiger partial charge in [-0.15, -0.1) is 0 Å². The van der Waals surface area contributed by atoms with E-state index in [1.165, 1.54) is 38.1 Å². The highest BCUT2D eigenvalue weighted by atomic mass is 32.2. The molecule has 0 aromatic carbocycles. The lowest BCUT2D eigenvalue weighted by Crippen LogP contribution is -2.30. The summed E-state index contributed by atoms with van der Waals surface area (Å²) in [5.74, 6) is 2.20. The third-order valence-corrected chi connectivity index (χ3v) is 3.89. The fourth-order valence-electron chi connectivity index (χ4n) is 1.67. The Hall–Kier alpha value is 0.270. The number of piperidine rings is 1. The molecule has 1 rings (SSSR count). The standard InChI is InChI=1S/C10H22N2S/c1-9(7-11)13-6-4-10-3-2-5-12-8-10/h9-10,12H,2-8,11H2,1H3. The lowest BCUT2D eigenvalue weighted by molar-refractivity contribution is 0.371. The van der Waals surface area contributed by atoms with Crippen LogP contribution in [0.15, 0.2) is 0 Å². The molecule has 0 radical (unpaired) electrons. The highest BCUT2D eigenvalue weighted by molar-refractivity contribution is 7.99. The summed E-state index contributed by atoms with van der Waals surface area (Å²) in [6, 6.07) is 0. The molecule has 0 amide bonds. The molecule has 2 nitrogen and oxygen atoms in total. The van der Waals surface area contributed by atoms with E-state index in [0.29, 0.717) is 5.25 Å². The molecule has 78 valence electrons. The second-order valence-corrected chi connectivity index (χ2v) is 5.46. The number of rotatable bonds is 5. The Morgan fingerprint density at radius 1 is 1.62 bits per heavy atom. The topological polar surface area (TPSA) is 38.0 Å². The Morgan fingerprint density at radius 3 is 3.08 bits per heavy atom. The lowest BCUT2D eigenvalue weighted by atomic mass is 9.97. The molecule has 1 aliphatic heterocycles. The van der Waals surface area contributed by atoms with Crippen molar-refractivity contribution >= 4 is 11.8 Å². The van der Waals surface area contributed by atoms with Gasteiger partial charge in [0.15, 0.2) is 0 Å². The van der Waals surface area contributed by atoms with Crippen LogP contribution in [0.2, 0.25) is 0 Å². The Bertz CT molecular complexity index is 124. The summed E-state index contributed by atoms with van der Waals surface area (Å²) in [5, 5.41) is 4.09. The van der Waals surface area contributed by atoms with Gasteiger partial charge in [-0.3, -0.25) is 0 Å². The van der Waals surface area contributed by atoms with E-state index in [2.05, 4.69) is 12.2 Å². The van der Waals surface area contributed by atoms with Crippen LogP contribution >= 0.6 is 11.8 Å². The molecule has 3 N–H and O–H groups in total. The predicted octanol–water partition coefficient (Wildman–Crippen LogP) is 1.46. The lowest BCUT2D eigenvalue weighted by Gasteiger charge is -2.22. The minimum atomic E-state index is 0.636. The molecule has 2 atom stereocenters. The fourth-order valence-corrected chi connectivity index (χ4v) is 2.68. The molecule has 0 bridgehead atoms. The number of hydrogen-bond donors (Lipinski definition) is 2. The van der Waals surface area contributed by atoms with Crippen LogP contribution in [0.1, 0.15) is 26.2 Å². The summed E-state index contributed by atoms with van der Waals surface area (Å²) >= 11 is 2.02. The Labute approximate surface area is 86.0 Å². The van der Waals surface area contributed by atoms with E-state index in [0.717, 1.165) is 12.5 Å². The summed E-state index contributed by atoms with van der Waals surface area (Å²) in [5.41, 5.74) is 5.56. The molecule has 1 heterocycles. The second-order valence-electron chi connectivity index (χ2n) is 3.92. The average Bonchev–Trinajstić information content (AvgIpc) is 2.19. The molecular formula is C10H22N2S. The predicted molar refractivity (Wildman–Crippen MR) is 61.2 cm³/mol. The van der Waals surface area contributed by atoms with Crippen LogP contribution in [0.3, 0.4) is 0 Å². The van der Waals surface area contributed by atoms with Gasteiger partial charge in [0.25, 0.3) is 0 Å². The van der Waals surface area contributed by atoms with Crippen LogP contribution in [0.25, 0.3) is 0 Å². The number of nitrogens with one attached hydrogen (secondary N) is 1. The van der Waals surface area contributed by atoms with Crippen LogP contribution in [-0.2, 0) is 0 Å². The summed E-state index contributed by atoms with van der Waals surface area (Å²) < 4.78 is 0. The smallest absolute Gasteiger partial charge is 0.0141 e. The van der Waals surface area contributed by atoms with E-state index in [4.69, 9.17) is 5.73 Å². The van der Waals surface area contributed by atoms with Gasteiger partial charge in [0.2, 0.25) is 0 Å². The zero-order chi connectivity index (χ0) is 9.52. The first-order valence-corrected chi connectivity index (χ1v) is 6.40. The van der Waals surface area contributed by atoms with E-state index < -0.39 is 0 Å². The first-order valence-electron chi connectivity index (χ1n) is 5.35. The fraction of sp³-hybridized carbons (Fsp3) is 1.00. The van der Waals surface area contributed by atoms with Crippen molar-refractivity contribution in [1.82, 2.24) is 5.32 Å². The van der Waals surface area contributed by atoms with E-state index >= 15 is 0 Å². The van der Waals surface area contributed by atoms with E-state index in [-0.39, 0.29) is 0 Å². The maximum Gasteiger partial charge on any atom is 0.0141 e. The van der Waals surface area contributed by atoms with Crippen molar-refractivity contribution in [3.8, 4) is 0 Å². The van der Waals surface area contributed by atoms with E-state index in [9.17, 15) is 0 Å². The van der Waals surface area contributed by atoms with Crippen molar-refractivity contribution < 1.29 is 0 Å². The van der Waals surface area contributed by atoms with E-state index in [1.807, 2.05) is 11.8 Å². The van der Waals surface area contributed by atoms with Gasteiger partial charge in [-0.1, -0.05) is 6.92 Å². The second kappa shape index (κ2) is 6.68. The molecule has 0 saturated carbocycles. The number of hydrogen-bond acceptors (Lipinski definition) is 3. The first kappa shape index (κ1) is 11.3. The normalized spacial score (nSPS) is 25.8. The third-order valence-electron chi connectivity index (χ3n) is 2.66. The summed E-state index contributed by atoms with van der Waals surface area (Å²) in [4.78, 5) is 0. The van der Waals surface area contributed by atoms with Gasteiger partial charge in [-0.25, -0.2) is 0 Å². The van der Waals surface area contributed by atoms with Crippen LogP contribution in [0.5, 0.6) is 0 Å². The zero-order valence-electron chi connectivity index (χ0n) is 8.59. The molecule has 0 aromatic heterocycles. The highest BCUT2D eigenvalue weighted by Crippen LogP contribution is 2.18. The molecule has 1 fully saturated rings. The summed E-state index contributed by atoms with van der Waals surface area (Å²) in [7, 11) is 0. The van der Waals surface area contributed by atoms with Crippen LogP contribution in [-0.4, -0.2) is 30.6 Å². The Morgan fingerprint density at radius 2 is 2.46 bits per heavy atom. The Kier molecular flexibility index (Phi) is 5.83. The molecule has 0 spiro atoms. The van der Waals surface area contributed by atoms with Crippen molar-refractivity contribution in [3.63, 3.8) is 0 Å². The van der Waals surface area contributed by atoms with Gasteiger partial charge >= 0.3 is 0 Å². The van der Waals surface area contributed by atoms with Gasteiger partial charge < -0.3 is 11.1 Å². The summed E-state index contributed by atoms with van der Waals surface area (Å²) in [6.45, 7) is 5.48. The van der Waals surface area contributed by atoms with Gasteiger partial charge in [0.05, 0.1) is 0 Å². The molecule has 2 unspecified atom stereocenters. The molecule has 3 heteroatoms. The van der Waals surface area contributed by atoms with Gasteiger partial charge in [-0.05, 0) is 44.0 Å². The molecule has 0 aromatic rings. The first-order chi connectivity index (χ1) is 6.33. The molecule has 0 aliphatic carbocycles. The van der Waals surface area contributed by atoms with Crippen molar-refractivity contribution in [1.29, 1.82) is 0 Å². The maximum absolute atomic E-state index is 5.56. The minimum Gasteiger partial charge on any atom is -0.329 e. The van der Waals surface area contributed by atoms with Gasteiger partial charge in [0.1, 0.15) is 0 Å². The van der Waals surface area contributed by atoms with Crippen LogP contribution in [0, 0.1) is 5.92 Å². The van der Waals surface area contributed by atoms with Crippen molar-refractivity contribution in [2.45, 2.75) is 31.4 Å². The number of nitrogens with two attached hydrogens (primary N) is 1. The Balaban J connectivity index is 1.98. The summed E-state index contributed by atoms with van der Waals surface area (Å²) in [6.07, 6.45) is 4.15. The highest BCUT2D eigenvalue weighted by Gasteiger charge is 2.12. The largest absolute Gasteiger partial charge is 0.329 e. The van der Waals surface area contributed by atoms with Crippen molar-refractivity contribution in [2.75, 3.05) is 25.4 Å². The monoisotopic (exact) mass is 202 g/mol. The maximum atomic E-state index is 5.56. The van der Waals surface area contributed by atoms with E-state index in [1.54, 1.807) is 0 Å². The zero-order valence-corrected chi connectivity index (χ0v) is 9.41. The SMILES string of the molecule is CC(CN)SCCC1CCCNC1. The molecule has 1 aliphatic rings. The average molecular weight is 202 g/mol. The van der Waals surface area contributed by atoms with Crippen molar-refractivity contribution in [3.05, 3.63) is 0 Å². The van der Waals surface area contributed by atoms with Crippen molar-refractivity contribution in [2.24, 2.45) is 11.7 Å². The van der Waals surface area contributed by atoms with Crippen LogP contribution < -0.4 is 11.1 Å². The quantitative estimate of drug-likeness (QED) is 0.709. The molecule has 13 heavy (non-hydrogen) atoms. The minimum absolute atomic E-state index is 0.636. The third kappa shape index (κ3) is 4.89.